The largest absolute Gasteiger partial charge is 0.447 e. The number of carbonyl (C=O) groups is 1. The van der Waals surface area contributed by atoms with Gasteiger partial charge in [-0.1, -0.05) is 23.2 Å². The van der Waals surface area contributed by atoms with Gasteiger partial charge in [-0.05, 0) is 60.2 Å². The molecule has 36 heavy (non-hydrogen) atoms. The van der Waals surface area contributed by atoms with Gasteiger partial charge < -0.3 is 10.1 Å². The molecular weight excluding hydrogens is 529 g/mol. The van der Waals surface area contributed by atoms with Crippen molar-refractivity contribution in [3.63, 3.8) is 0 Å². The molecule has 7 nitrogen and oxygen atoms in total. The molecule has 1 amide bonds. The second-order valence-corrected chi connectivity index (χ2v) is 7.80. The SMILES string of the molecule is N#C/C(=C\c1cc(Cl)c(Oc2ccc(C(F)(F)F)cc2[N+](=O)[O-])c(Cl)c1)C(=O)Nc1ccc(F)cc1. The lowest BCUT2D eigenvalue weighted by Crippen LogP contribution is -2.13. The number of halogens is 6. The molecule has 0 saturated heterocycles. The minimum Gasteiger partial charge on any atom is -0.447 e. The Kier molecular flexibility index (Phi) is 7.82. The average Bonchev–Trinajstić information content (AvgIpc) is 2.80. The van der Waals surface area contributed by atoms with E-state index in [-0.39, 0.29) is 32.6 Å². The highest BCUT2D eigenvalue weighted by Gasteiger charge is 2.33. The van der Waals surface area contributed by atoms with Crippen LogP contribution in [0.1, 0.15) is 11.1 Å². The zero-order chi connectivity index (χ0) is 26.6. The molecule has 3 rings (SSSR count). The second-order valence-electron chi connectivity index (χ2n) is 6.98. The zero-order valence-corrected chi connectivity index (χ0v) is 19.1. The van der Waals surface area contributed by atoms with E-state index in [0.29, 0.717) is 12.1 Å². The van der Waals surface area contributed by atoms with Gasteiger partial charge in [-0.2, -0.15) is 18.4 Å². The number of hydrogen-bond donors (Lipinski definition) is 1. The van der Waals surface area contributed by atoms with Crippen LogP contribution in [-0.2, 0) is 11.0 Å². The van der Waals surface area contributed by atoms with E-state index in [2.05, 4.69) is 5.32 Å². The van der Waals surface area contributed by atoms with Gasteiger partial charge in [0.15, 0.2) is 5.75 Å². The van der Waals surface area contributed by atoms with Crippen molar-refractivity contribution in [3.05, 3.63) is 97.3 Å². The molecular formula is C23H11Cl2F4N3O4. The van der Waals surface area contributed by atoms with E-state index in [1.165, 1.54) is 24.3 Å². The maximum Gasteiger partial charge on any atom is 0.416 e. The Morgan fingerprint density at radius 3 is 2.22 bits per heavy atom. The Labute approximate surface area is 210 Å². The van der Waals surface area contributed by atoms with Gasteiger partial charge in [-0.15, -0.1) is 0 Å². The summed E-state index contributed by atoms with van der Waals surface area (Å²) >= 11 is 12.3. The first kappa shape index (κ1) is 26.5. The van der Waals surface area contributed by atoms with Crippen LogP contribution in [0.2, 0.25) is 10.0 Å². The molecule has 13 heteroatoms. The third-order valence-electron chi connectivity index (χ3n) is 4.49. The quantitative estimate of drug-likeness (QED) is 0.115. The van der Waals surface area contributed by atoms with Crippen molar-refractivity contribution >= 4 is 46.6 Å². The number of nitrogens with one attached hydrogen (secondary N) is 1. The van der Waals surface area contributed by atoms with Crippen LogP contribution in [0.25, 0.3) is 6.08 Å². The molecule has 0 unspecified atom stereocenters. The van der Waals surface area contributed by atoms with E-state index in [1.807, 2.05) is 0 Å². The molecule has 0 atom stereocenters. The fraction of sp³-hybridized carbons (Fsp3) is 0.0435. The number of alkyl halides is 3. The van der Waals surface area contributed by atoms with E-state index in [9.17, 15) is 37.7 Å². The van der Waals surface area contributed by atoms with Gasteiger partial charge >= 0.3 is 11.9 Å². The Balaban J connectivity index is 1.90. The van der Waals surface area contributed by atoms with Crippen molar-refractivity contribution < 1.29 is 32.0 Å². The third kappa shape index (κ3) is 6.29. The summed E-state index contributed by atoms with van der Waals surface area (Å²) in [5, 5.41) is 22.6. The summed E-state index contributed by atoms with van der Waals surface area (Å²) in [5.41, 5.74) is -2.17. The number of nitriles is 1. The highest BCUT2D eigenvalue weighted by molar-refractivity contribution is 6.37. The van der Waals surface area contributed by atoms with Gasteiger partial charge in [0, 0.05) is 11.8 Å². The third-order valence-corrected chi connectivity index (χ3v) is 5.06. The first-order chi connectivity index (χ1) is 16.9. The predicted octanol–water partition coefficient (Wildman–Crippen LogP) is 7.40. The van der Waals surface area contributed by atoms with Crippen molar-refractivity contribution in [2.75, 3.05) is 5.32 Å². The summed E-state index contributed by atoms with van der Waals surface area (Å²) in [7, 11) is 0. The number of nitrogens with zero attached hydrogens (tertiary/aromatic N) is 2. The van der Waals surface area contributed by atoms with Crippen LogP contribution in [-0.4, -0.2) is 10.8 Å². The lowest BCUT2D eigenvalue weighted by atomic mass is 10.1. The summed E-state index contributed by atoms with van der Waals surface area (Å²) in [5.74, 6) is -2.17. The standard InChI is InChI=1S/C23H11Cl2F4N3O4/c24-17-8-12(7-13(11-30)22(33)31-16-4-2-15(26)3-5-16)9-18(25)21(17)36-20-6-1-14(23(27,28)29)10-19(20)32(34)35/h1-10H,(H,31,33)/b13-7+. The fourth-order valence-corrected chi connectivity index (χ4v) is 3.42. The lowest BCUT2D eigenvalue weighted by Gasteiger charge is -2.12. The number of carbonyl (C=O) groups excluding carboxylic acids is 1. The number of ether oxygens (including phenoxy) is 1. The highest BCUT2D eigenvalue weighted by Crippen LogP contribution is 2.42. The van der Waals surface area contributed by atoms with Crippen molar-refractivity contribution in [2.45, 2.75) is 6.18 Å². The van der Waals surface area contributed by atoms with Crippen LogP contribution >= 0.6 is 23.2 Å². The van der Waals surface area contributed by atoms with Gasteiger partial charge in [-0.25, -0.2) is 4.39 Å². The first-order valence-corrected chi connectivity index (χ1v) is 10.4. The molecule has 0 saturated carbocycles. The van der Waals surface area contributed by atoms with Gasteiger partial charge in [0.05, 0.1) is 20.5 Å². The van der Waals surface area contributed by atoms with E-state index in [0.717, 1.165) is 24.3 Å². The van der Waals surface area contributed by atoms with Gasteiger partial charge in [0.2, 0.25) is 5.75 Å². The Morgan fingerprint density at radius 2 is 1.69 bits per heavy atom. The number of rotatable bonds is 6. The number of nitro benzene ring substituents is 1. The Bertz CT molecular complexity index is 1400. The molecule has 3 aromatic carbocycles. The lowest BCUT2D eigenvalue weighted by molar-refractivity contribution is -0.385. The summed E-state index contributed by atoms with van der Waals surface area (Å²) in [6, 6.07) is 10.6. The minimum atomic E-state index is -4.81. The predicted molar refractivity (Wildman–Crippen MR) is 123 cm³/mol. The zero-order valence-electron chi connectivity index (χ0n) is 17.6. The van der Waals surface area contributed by atoms with Crippen LogP contribution in [0.3, 0.4) is 0 Å². The average molecular weight is 540 g/mol. The van der Waals surface area contributed by atoms with Crippen molar-refractivity contribution in [3.8, 4) is 17.6 Å². The van der Waals surface area contributed by atoms with Crippen LogP contribution in [0, 0.1) is 27.3 Å². The number of benzene rings is 3. The van der Waals surface area contributed by atoms with Crippen molar-refractivity contribution in [1.29, 1.82) is 5.26 Å². The smallest absolute Gasteiger partial charge is 0.416 e. The van der Waals surface area contributed by atoms with Gasteiger partial charge in [-0.3, -0.25) is 14.9 Å². The van der Waals surface area contributed by atoms with Crippen LogP contribution < -0.4 is 10.1 Å². The molecule has 184 valence electrons. The maximum atomic E-state index is 13.0. The summed E-state index contributed by atoms with van der Waals surface area (Å²) in [4.78, 5) is 22.6. The summed E-state index contributed by atoms with van der Waals surface area (Å²) in [6.07, 6.45) is -3.67. The number of nitro groups is 1. The molecule has 0 fully saturated rings. The topological polar surface area (TPSA) is 105 Å². The van der Waals surface area contributed by atoms with Gasteiger partial charge in [0.25, 0.3) is 5.91 Å². The first-order valence-electron chi connectivity index (χ1n) is 9.60. The molecule has 0 radical (unpaired) electrons. The highest BCUT2D eigenvalue weighted by atomic mass is 35.5. The normalized spacial score (nSPS) is 11.5. The van der Waals surface area contributed by atoms with E-state index < -0.39 is 39.8 Å². The van der Waals surface area contributed by atoms with Gasteiger partial charge in [0.1, 0.15) is 17.5 Å². The van der Waals surface area contributed by atoms with E-state index in [1.54, 1.807) is 6.07 Å². The second kappa shape index (κ2) is 10.6. The monoisotopic (exact) mass is 539 g/mol. The van der Waals surface area contributed by atoms with E-state index in [4.69, 9.17) is 27.9 Å². The molecule has 3 aromatic rings. The van der Waals surface area contributed by atoms with E-state index >= 15 is 0 Å². The number of amides is 1. The molecule has 1 N–H and O–H groups in total. The van der Waals surface area contributed by atoms with Crippen LogP contribution in [0.15, 0.2) is 60.2 Å². The molecule has 0 heterocycles. The summed E-state index contributed by atoms with van der Waals surface area (Å²) < 4.78 is 57.1. The number of anilines is 1. The minimum absolute atomic E-state index is 0.171. The molecule has 0 spiro atoms. The van der Waals surface area contributed by atoms with Crippen LogP contribution in [0.4, 0.5) is 28.9 Å². The Morgan fingerprint density at radius 1 is 1.08 bits per heavy atom. The van der Waals surface area contributed by atoms with Crippen molar-refractivity contribution in [2.24, 2.45) is 0 Å². The Hall–Kier alpha value is -4.14. The maximum absolute atomic E-state index is 13.0. The van der Waals surface area contributed by atoms with Crippen molar-refractivity contribution in [1.82, 2.24) is 0 Å². The molecule has 0 bridgehead atoms. The molecule has 0 aliphatic carbocycles. The number of hydrogen-bond acceptors (Lipinski definition) is 5. The fourth-order valence-electron chi connectivity index (χ4n) is 2.84. The summed E-state index contributed by atoms with van der Waals surface area (Å²) in [6.45, 7) is 0. The van der Waals surface area contributed by atoms with Crippen LogP contribution in [0.5, 0.6) is 11.5 Å². The molecule has 0 aromatic heterocycles. The molecule has 0 aliphatic heterocycles. The molecule has 0 aliphatic rings.